The first-order chi connectivity index (χ1) is 6.93. The molecule has 1 aliphatic rings. The number of benzene rings is 1. The molecule has 2 aromatic rings. The Morgan fingerprint density at radius 2 is 2.14 bits per heavy atom. The molecule has 1 aliphatic carbocycles. The number of rotatable bonds is 2. The Bertz CT molecular complexity index is 440. The molecule has 0 aliphatic heterocycles. The smallest absolute Gasteiger partial charge is 0.175 e. The van der Waals surface area contributed by atoms with Gasteiger partial charge in [-0.25, -0.2) is 0 Å². The van der Waals surface area contributed by atoms with Gasteiger partial charge in [-0.2, -0.15) is 0 Å². The molecule has 0 bridgehead atoms. The Labute approximate surface area is 82.5 Å². The lowest BCUT2D eigenvalue weighted by Crippen LogP contribution is -2.24. The van der Waals surface area contributed by atoms with Gasteiger partial charge in [0.2, 0.25) is 0 Å². The number of hydrogen-bond donors (Lipinski definition) is 0. The van der Waals surface area contributed by atoms with E-state index in [4.69, 9.17) is 9.15 Å². The zero-order valence-corrected chi connectivity index (χ0v) is 7.90. The van der Waals surface area contributed by atoms with Crippen LogP contribution in [0.1, 0.15) is 19.3 Å². The third kappa shape index (κ3) is 1.18. The summed E-state index contributed by atoms with van der Waals surface area (Å²) in [6, 6.07) is 7.98. The molecule has 0 atom stereocenters. The molecule has 3 rings (SSSR count). The minimum Gasteiger partial charge on any atom is -0.486 e. The van der Waals surface area contributed by atoms with Crippen molar-refractivity contribution in [3.05, 3.63) is 30.5 Å². The van der Waals surface area contributed by atoms with E-state index < -0.39 is 0 Å². The van der Waals surface area contributed by atoms with Crippen LogP contribution in [0.3, 0.4) is 0 Å². The molecule has 0 saturated heterocycles. The van der Waals surface area contributed by atoms with Gasteiger partial charge in [-0.3, -0.25) is 0 Å². The zero-order chi connectivity index (χ0) is 9.38. The first-order valence-corrected chi connectivity index (χ1v) is 5.06. The lowest BCUT2D eigenvalue weighted by molar-refractivity contribution is 0.121. The summed E-state index contributed by atoms with van der Waals surface area (Å²) < 4.78 is 11.2. The molecule has 1 aromatic heterocycles. The number of furan rings is 1. The molecule has 1 saturated carbocycles. The van der Waals surface area contributed by atoms with Gasteiger partial charge in [-0.1, -0.05) is 12.1 Å². The van der Waals surface area contributed by atoms with E-state index in [1.807, 2.05) is 24.3 Å². The quantitative estimate of drug-likeness (QED) is 0.721. The molecule has 1 heterocycles. The highest BCUT2D eigenvalue weighted by Gasteiger charge is 2.20. The van der Waals surface area contributed by atoms with Gasteiger partial charge in [0.05, 0.1) is 12.4 Å². The van der Waals surface area contributed by atoms with E-state index in [9.17, 15) is 0 Å². The Kier molecular flexibility index (Phi) is 1.72. The highest BCUT2D eigenvalue weighted by atomic mass is 16.5. The Balaban J connectivity index is 1.97. The van der Waals surface area contributed by atoms with Crippen LogP contribution in [0.25, 0.3) is 11.0 Å². The molecule has 1 aromatic carbocycles. The van der Waals surface area contributed by atoms with E-state index in [2.05, 4.69) is 0 Å². The van der Waals surface area contributed by atoms with Crippen LogP contribution in [0.5, 0.6) is 5.75 Å². The SMILES string of the molecule is c1cc(OC2CCC2)c2occc2c1. The summed E-state index contributed by atoms with van der Waals surface area (Å²) in [7, 11) is 0. The van der Waals surface area contributed by atoms with Gasteiger partial charge in [-0.15, -0.1) is 0 Å². The van der Waals surface area contributed by atoms with Gasteiger partial charge in [-0.05, 0) is 31.4 Å². The molecule has 2 heteroatoms. The largest absolute Gasteiger partial charge is 0.486 e. The summed E-state index contributed by atoms with van der Waals surface area (Å²) in [5.41, 5.74) is 0.874. The van der Waals surface area contributed by atoms with E-state index in [0.29, 0.717) is 6.10 Å². The Morgan fingerprint density at radius 1 is 1.21 bits per heavy atom. The Morgan fingerprint density at radius 3 is 2.93 bits per heavy atom. The first-order valence-electron chi connectivity index (χ1n) is 5.06. The van der Waals surface area contributed by atoms with Crippen molar-refractivity contribution in [1.29, 1.82) is 0 Å². The van der Waals surface area contributed by atoms with Crippen LogP contribution in [-0.4, -0.2) is 6.10 Å². The van der Waals surface area contributed by atoms with E-state index in [0.717, 1.165) is 16.7 Å². The predicted octanol–water partition coefficient (Wildman–Crippen LogP) is 3.36. The molecule has 0 radical (unpaired) electrons. The summed E-state index contributed by atoms with van der Waals surface area (Å²) in [5.74, 6) is 0.886. The summed E-state index contributed by atoms with van der Waals surface area (Å²) in [5, 5.41) is 1.11. The van der Waals surface area contributed by atoms with Crippen molar-refractivity contribution in [2.45, 2.75) is 25.4 Å². The second-order valence-electron chi connectivity index (χ2n) is 3.77. The van der Waals surface area contributed by atoms with Crippen LogP contribution in [0.2, 0.25) is 0 Å². The third-order valence-electron chi connectivity index (χ3n) is 2.79. The second-order valence-corrected chi connectivity index (χ2v) is 3.77. The summed E-state index contributed by atoms with van der Waals surface area (Å²) in [6.07, 6.45) is 5.76. The topological polar surface area (TPSA) is 22.4 Å². The van der Waals surface area contributed by atoms with Crippen LogP contribution in [-0.2, 0) is 0 Å². The van der Waals surface area contributed by atoms with Gasteiger partial charge in [0, 0.05) is 5.39 Å². The van der Waals surface area contributed by atoms with E-state index in [1.54, 1.807) is 6.26 Å². The number of fused-ring (bicyclic) bond motifs is 1. The fourth-order valence-electron chi connectivity index (χ4n) is 1.73. The molecular weight excluding hydrogens is 176 g/mol. The van der Waals surface area contributed by atoms with Crippen molar-refractivity contribution in [3.63, 3.8) is 0 Å². The van der Waals surface area contributed by atoms with Crippen LogP contribution >= 0.6 is 0 Å². The van der Waals surface area contributed by atoms with Crippen molar-refractivity contribution in [3.8, 4) is 5.75 Å². The van der Waals surface area contributed by atoms with Crippen LogP contribution < -0.4 is 4.74 Å². The molecule has 72 valence electrons. The van der Waals surface area contributed by atoms with Gasteiger partial charge in [0.15, 0.2) is 11.3 Å². The normalized spacial score (nSPS) is 16.9. The second kappa shape index (κ2) is 3.05. The predicted molar refractivity (Wildman–Crippen MR) is 54.5 cm³/mol. The monoisotopic (exact) mass is 188 g/mol. The number of para-hydroxylation sites is 1. The molecule has 0 N–H and O–H groups in total. The number of hydrogen-bond acceptors (Lipinski definition) is 2. The molecule has 0 unspecified atom stereocenters. The van der Waals surface area contributed by atoms with Crippen LogP contribution in [0, 0.1) is 0 Å². The van der Waals surface area contributed by atoms with Gasteiger partial charge >= 0.3 is 0 Å². The Hall–Kier alpha value is -1.44. The van der Waals surface area contributed by atoms with Gasteiger partial charge in [0.25, 0.3) is 0 Å². The fourth-order valence-corrected chi connectivity index (χ4v) is 1.73. The highest BCUT2D eigenvalue weighted by molar-refractivity contribution is 5.82. The lowest BCUT2D eigenvalue weighted by Gasteiger charge is -2.26. The minimum absolute atomic E-state index is 0.408. The average molecular weight is 188 g/mol. The molecule has 1 fully saturated rings. The van der Waals surface area contributed by atoms with Crippen molar-refractivity contribution in [2.24, 2.45) is 0 Å². The first kappa shape index (κ1) is 7.92. The van der Waals surface area contributed by atoms with E-state index in [1.165, 1.54) is 19.3 Å². The van der Waals surface area contributed by atoms with Crippen molar-refractivity contribution >= 4 is 11.0 Å². The fraction of sp³-hybridized carbons (Fsp3) is 0.333. The van der Waals surface area contributed by atoms with Crippen molar-refractivity contribution < 1.29 is 9.15 Å². The van der Waals surface area contributed by atoms with Crippen molar-refractivity contribution in [2.75, 3.05) is 0 Å². The van der Waals surface area contributed by atoms with Gasteiger partial charge < -0.3 is 9.15 Å². The van der Waals surface area contributed by atoms with Gasteiger partial charge in [0.1, 0.15) is 0 Å². The molecule has 2 nitrogen and oxygen atoms in total. The van der Waals surface area contributed by atoms with E-state index >= 15 is 0 Å². The molecule has 0 spiro atoms. The maximum atomic E-state index is 5.83. The standard InChI is InChI=1S/C12H12O2/c1-3-9-7-8-13-12(9)11(6-1)14-10-4-2-5-10/h1,3,6-8,10H,2,4-5H2. The van der Waals surface area contributed by atoms with Crippen molar-refractivity contribution in [1.82, 2.24) is 0 Å². The summed E-state index contributed by atoms with van der Waals surface area (Å²) in [6.45, 7) is 0. The van der Waals surface area contributed by atoms with Crippen LogP contribution in [0.4, 0.5) is 0 Å². The highest BCUT2D eigenvalue weighted by Crippen LogP contribution is 2.31. The third-order valence-corrected chi connectivity index (χ3v) is 2.79. The number of ether oxygens (including phenoxy) is 1. The maximum Gasteiger partial charge on any atom is 0.175 e. The molecule has 0 amide bonds. The van der Waals surface area contributed by atoms with E-state index in [-0.39, 0.29) is 0 Å². The lowest BCUT2D eigenvalue weighted by atomic mass is 9.96. The van der Waals surface area contributed by atoms with Crippen LogP contribution in [0.15, 0.2) is 34.9 Å². The molecular formula is C12H12O2. The average Bonchev–Trinajstić information content (AvgIpc) is 2.59. The summed E-state index contributed by atoms with van der Waals surface area (Å²) >= 11 is 0. The minimum atomic E-state index is 0.408. The molecule has 14 heavy (non-hydrogen) atoms. The maximum absolute atomic E-state index is 5.83. The summed E-state index contributed by atoms with van der Waals surface area (Å²) in [4.78, 5) is 0. The zero-order valence-electron chi connectivity index (χ0n) is 7.90.